The first-order valence-electron chi connectivity index (χ1n) is 4.35. The molecule has 0 saturated heterocycles. The fraction of sp³-hybridized carbons (Fsp3) is 0.500. The van der Waals surface area contributed by atoms with Crippen LogP contribution in [0.3, 0.4) is 0 Å². The van der Waals surface area contributed by atoms with E-state index >= 15 is 0 Å². The minimum Gasteiger partial charge on any atom is -0.481 e. The standard InChI is InChI=1S/C10H14O2/c11-10(12)9-7-5-3-1-2-4-6-8-9/h1-4,9H,5-8H2,(H,11,12). The summed E-state index contributed by atoms with van der Waals surface area (Å²) in [7, 11) is 0. The predicted octanol–water partition coefficient (Wildman–Crippen LogP) is 2.37. The van der Waals surface area contributed by atoms with Crippen molar-refractivity contribution in [3.05, 3.63) is 24.3 Å². The zero-order valence-corrected chi connectivity index (χ0v) is 7.07. The molecule has 1 rings (SSSR count). The van der Waals surface area contributed by atoms with Gasteiger partial charge in [-0.05, 0) is 25.7 Å². The molecule has 1 N–H and O–H groups in total. The average molecular weight is 166 g/mol. The van der Waals surface area contributed by atoms with Crippen LogP contribution < -0.4 is 0 Å². The summed E-state index contributed by atoms with van der Waals surface area (Å²) in [5, 5.41) is 8.80. The molecule has 0 aromatic carbocycles. The molecule has 0 aromatic heterocycles. The molecule has 66 valence electrons. The van der Waals surface area contributed by atoms with Crippen LogP contribution in [0.25, 0.3) is 0 Å². The second-order valence-corrected chi connectivity index (χ2v) is 3.05. The molecule has 0 radical (unpaired) electrons. The number of hydrogen-bond acceptors (Lipinski definition) is 1. The largest absolute Gasteiger partial charge is 0.481 e. The van der Waals surface area contributed by atoms with Crippen molar-refractivity contribution in [2.75, 3.05) is 0 Å². The Hall–Kier alpha value is -1.05. The first-order valence-corrected chi connectivity index (χ1v) is 4.35. The van der Waals surface area contributed by atoms with Gasteiger partial charge in [-0.25, -0.2) is 0 Å². The van der Waals surface area contributed by atoms with E-state index in [0.29, 0.717) is 0 Å². The molecular formula is C10H14O2. The minimum absolute atomic E-state index is 0.155. The summed E-state index contributed by atoms with van der Waals surface area (Å²) in [6, 6.07) is 0. The van der Waals surface area contributed by atoms with E-state index in [9.17, 15) is 4.79 Å². The summed E-state index contributed by atoms with van der Waals surface area (Å²) >= 11 is 0. The van der Waals surface area contributed by atoms with Crippen LogP contribution in [0.1, 0.15) is 25.7 Å². The van der Waals surface area contributed by atoms with Gasteiger partial charge in [0.15, 0.2) is 0 Å². The van der Waals surface area contributed by atoms with Crippen molar-refractivity contribution in [1.29, 1.82) is 0 Å². The van der Waals surface area contributed by atoms with Gasteiger partial charge in [-0.1, -0.05) is 24.3 Å². The van der Waals surface area contributed by atoms with Gasteiger partial charge in [0.25, 0.3) is 0 Å². The van der Waals surface area contributed by atoms with Crippen molar-refractivity contribution in [3.63, 3.8) is 0 Å². The van der Waals surface area contributed by atoms with Crippen LogP contribution >= 0.6 is 0 Å². The van der Waals surface area contributed by atoms with E-state index in [-0.39, 0.29) is 5.92 Å². The van der Waals surface area contributed by atoms with E-state index < -0.39 is 5.97 Å². The van der Waals surface area contributed by atoms with E-state index in [2.05, 4.69) is 0 Å². The number of rotatable bonds is 1. The topological polar surface area (TPSA) is 37.3 Å². The Morgan fingerprint density at radius 2 is 1.67 bits per heavy atom. The first kappa shape index (κ1) is 9.04. The van der Waals surface area contributed by atoms with Crippen molar-refractivity contribution in [2.45, 2.75) is 25.7 Å². The summed E-state index contributed by atoms with van der Waals surface area (Å²) in [5.41, 5.74) is 0. The summed E-state index contributed by atoms with van der Waals surface area (Å²) in [6.45, 7) is 0. The molecule has 0 unspecified atom stereocenters. The Bertz CT molecular complexity index is 188. The molecule has 2 heteroatoms. The maximum Gasteiger partial charge on any atom is 0.306 e. The summed E-state index contributed by atoms with van der Waals surface area (Å²) < 4.78 is 0. The fourth-order valence-corrected chi connectivity index (χ4v) is 1.34. The van der Waals surface area contributed by atoms with Crippen LogP contribution in [0.15, 0.2) is 24.3 Å². The van der Waals surface area contributed by atoms with Crippen LogP contribution in [0.2, 0.25) is 0 Å². The molecular weight excluding hydrogens is 152 g/mol. The van der Waals surface area contributed by atoms with Gasteiger partial charge < -0.3 is 5.11 Å². The Morgan fingerprint density at radius 3 is 2.08 bits per heavy atom. The van der Waals surface area contributed by atoms with E-state index in [1.165, 1.54) is 0 Å². The molecule has 0 spiro atoms. The lowest BCUT2D eigenvalue weighted by Crippen LogP contribution is -2.12. The maximum atomic E-state index is 10.7. The SMILES string of the molecule is O=C(O)C1CCC=CC=CCC1. The second-order valence-electron chi connectivity index (χ2n) is 3.05. The van der Waals surface area contributed by atoms with Gasteiger partial charge in [-0.15, -0.1) is 0 Å². The van der Waals surface area contributed by atoms with Crippen LogP contribution in [-0.2, 0) is 4.79 Å². The molecule has 0 bridgehead atoms. The highest BCUT2D eigenvalue weighted by molar-refractivity contribution is 5.69. The van der Waals surface area contributed by atoms with Gasteiger partial charge in [0, 0.05) is 0 Å². The fourth-order valence-electron chi connectivity index (χ4n) is 1.34. The number of aliphatic carboxylic acids is 1. The van der Waals surface area contributed by atoms with Gasteiger partial charge in [-0.2, -0.15) is 0 Å². The van der Waals surface area contributed by atoms with Crippen molar-refractivity contribution < 1.29 is 9.90 Å². The van der Waals surface area contributed by atoms with Crippen LogP contribution in [0.4, 0.5) is 0 Å². The average Bonchev–Trinajstić information content (AvgIpc) is 2.15. The molecule has 0 amide bonds. The van der Waals surface area contributed by atoms with E-state index in [4.69, 9.17) is 5.11 Å². The van der Waals surface area contributed by atoms with Gasteiger partial charge >= 0.3 is 5.97 Å². The van der Waals surface area contributed by atoms with Crippen molar-refractivity contribution in [1.82, 2.24) is 0 Å². The molecule has 1 aliphatic rings. The molecule has 0 heterocycles. The molecule has 1 aliphatic carbocycles. The second kappa shape index (κ2) is 4.75. The summed E-state index contributed by atoms with van der Waals surface area (Å²) in [5.74, 6) is -0.809. The van der Waals surface area contributed by atoms with E-state index in [1.54, 1.807) is 0 Å². The van der Waals surface area contributed by atoms with E-state index in [1.807, 2.05) is 24.3 Å². The highest BCUT2D eigenvalue weighted by atomic mass is 16.4. The lowest BCUT2D eigenvalue weighted by atomic mass is 9.98. The monoisotopic (exact) mass is 166 g/mol. The van der Waals surface area contributed by atoms with E-state index in [0.717, 1.165) is 25.7 Å². The number of carboxylic acids is 1. The summed E-state index contributed by atoms with van der Waals surface area (Å²) in [6.07, 6.45) is 11.3. The van der Waals surface area contributed by atoms with Gasteiger partial charge in [0.2, 0.25) is 0 Å². The molecule has 0 saturated carbocycles. The lowest BCUT2D eigenvalue weighted by Gasteiger charge is -2.08. The Labute approximate surface area is 72.6 Å². The van der Waals surface area contributed by atoms with Crippen molar-refractivity contribution >= 4 is 5.97 Å². The van der Waals surface area contributed by atoms with Crippen molar-refractivity contribution in [2.24, 2.45) is 5.92 Å². The van der Waals surface area contributed by atoms with Crippen LogP contribution in [0, 0.1) is 5.92 Å². The van der Waals surface area contributed by atoms with Crippen LogP contribution in [-0.4, -0.2) is 11.1 Å². The first-order chi connectivity index (χ1) is 5.80. The highest BCUT2D eigenvalue weighted by Crippen LogP contribution is 2.16. The zero-order valence-electron chi connectivity index (χ0n) is 7.07. The Kier molecular flexibility index (Phi) is 3.58. The van der Waals surface area contributed by atoms with Crippen LogP contribution in [0.5, 0.6) is 0 Å². The maximum absolute atomic E-state index is 10.7. The quantitative estimate of drug-likeness (QED) is 0.649. The normalized spacial score (nSPS) is 24.2. The van der Waals surface area contributed by atoms with Gasteiger partial charge in [0.05, 0.1) is 5.92 Å². The minimum atomic E-state index is -0.654. The number of hydrogen-bond donors (Lipinski definition) is 1. The number of carboxylic acid groups (broad SMARTS) is 1. The lowest BCUT2D eigenvalue weighted by molar-refractivity contribution is -0.142. The van der Waals surface area contributed by atoms with Gasteiger partial charge in [0.1, 0.15) is 0 Å². The molecule has 2 nitrogen and oxygen atoms in total. The molecule has 0 aliphatic heterocycles. The zero-order chi connectivity index (χ0) is 8.81. The highest BCUT2D eigenvalue weighted by Gasteiger charge is 2.15. The third kappa shape index (κ3) is 2.91. The van der Waals surface area contributed by atoms with Gasteiger partial charge in [-0.3, -0.25) is 4.79 Å². The third-order valence-corrected chi connectivity index (χ3v) is 2.10. The molecule has 0 fully saturated rings. The smallest absolute Gasteiger partial charge is 0.306 e. The third-order valence-electron chi connectivity index (χ3n) is 2.10. The Balaban J connectivity index is 2.49. The molecule has 0 atom stereocenters. The summed E-state index contributed by atoms with van der Waals surface area (Å²) in [4.78, 5) is 10.7. The van der Waals surface area contributed by atoms with Crippen molar-refractivity contribution in [3.8, 4) is 0 Å². The molecule has 12 heavy (non-hydrogen) atoms. The number of allylic oxidation sites excluding steroid dienone is 4. The Morgan fingerprint density at radius 1 is 1.17 bits per heavy atom. The molecule has 0 aromatic rings. The predicted molar refractivity (Wildman–Crippen MR) is 47.9 cm³/mol. The number of carbonyl (C=O) groups is 1.